The summed E-state index contributed by atoms with van der Waals surface area (Å²) in [6.07, 6.45) is 1.78. The third-order valence-electron chi connectivity index (χ3n) is 2.36. The van der Waals surface area contributed by atoms with Gasteiger partial charge in [-0.05, 0) is 11.4 Å². The number of aliphatic hydroxyl groups is 1. The van der Waals surface area contributed by atoms with Crippen molar-refractivity contribution in [3.63, 3.8) is 0 Å². The van der Waals surface area contributed by atoms with E-state index in [-0.39, 0.29) is 6.61 Å². The number of rotatable bonds is 7. The van der Waals surface area contributed by atoms with Crippen LogP contribution in [0.15, 0.2) is 34.6 Å². The standard InChI is InChI=1S/C12H15N3O2S/c1-2-5-15(6-7-16)9-11-13-14-12(17-11)10-4-3-8-18-10/h2-4,8,16H,1,5-7,9H2. The predicted octanol–water partition coefficient (Wildman–Crippen LogP) is 1.78. The molecule has 0 spiro atoms. The minimum atomic E-state index is 0.0970. The zero-order valence-electron chi connectivity index (χ0n) is 9.95. The monoisotopic (exact) mass is 265 g/mol. The normalized spacial score (nSPS) is 11.0. The van der Waals surface area contributed by atoms with Crippen molar-refractivity contribution in [3.05, 3.63) is 36.1 Å². The summed E-state index contributed by atoms with van der Waals surface area (Å²) in [5.41, 5.74) is 0. The zero-order chi connectivity index (χ0) is 12.8. The molecule has 0 bridgehead atoms. The Bertz CT molecular complexity index is 481. The van der Waals surface area contributed by atoms with E-state index >= 15 is 0 Å². The van der Waals surface area contributed by atoms with Crippen molar-refractivity contribution in [1.82, 2.24) is 15.1 Å². The topological polar surface area (TPSA) is 62.4 Å². The maximum Gasteiger partial charge on any atom is 0.257 e. The van der Waals surface area contributed by atoms with Crippen LogP contribution < -0.4 is 0 Å². The van der Waals surface area contributed by atoms with Crippen LogP contribution in [0.1, 0.15) is 5.89 Å². The largest absolute Gasteiger partial charge is 0.419 e. The van der Waals surface area contributed by atoms with E-state index in [0.717, 1.165) is 4.88 Å². The first kappa shape index (κ1) is 12.9. The van der Waals surface area contributed by atoms with Gasteiger partial charge in [0.2, 0.25) is 5.89 Å². The average Bonchev–Trinajstić information content (AvgIpc) is 2.98. The summed E-state index contributed by atoms with van der Waals surface area (Å²) < 4.78 is 5.58. The molecular formula is C12H15N3O2S. The van der Waals surface area contributed by atoms with Gasteiger partial charge in [0.1, 0.15) is 0 Å². The zero-order valence-corrected chi connectivity index (χ0v) is 10.8. The molecule has 0 saturated heterocycles. The molecule has 0 aliphatic rings. The SMILES string of the molecule is C=CCN(CCO)Cc1nnc(-c2cccs2)o1. The Morgan fingerprint density at radius 2 is 2.39 bits per heavy atom. The van der Waals surface area contributed by atoms with Crippen molar-refractivity contribution >= 4 is 11.3 Å². The number of aliphatic hydroxyl groups excluding tert-OH is 1. The molecule has 6 heteroatoms. The molecule has 1 N–H and O–H groups in total. The van der Waals surface area contributed by atoms with Crippen LogP contribution >= 0.6 is 11.3 Å². The van der Waals surface area contributed by atoms with E-state index in [1.165, 1.54) is 0 Å². The van der Waals surface area contributed by atoms with Crippen molar-refractivity contribution in [1.29, 1.82) is 0 Å². The maximum absolute atomic E-state index is 8.96. The van der Waals surface area contributed by atoms with E-state index in [4.69, 9.17) is 9.52 Å². The molecule has 0 aliphatic heterocycles. The van der Waals surface area contributed by atoms with Crippen LogP contribution in [-0.2, 0) is 6.54 Å². The summed E-state index contributed by atoms with van der Waals surface area (Å²) in [4.78, 5) is 2.95. The Morgan fingerprint density at radius 1 is 1.50 bits per heavy atom. The molecule has 96 valence electrons. The smallest absolute Gasteiger partial charge is 0.257 e. The van der Waals surface area contributed by atoms with Crippen molar-refractivity contribution in [2.75, 3.05) is 19.7 Å². The molecule has 2 aromatic rings. The van der Waals surface area contributed by atoms with Gasteiger partial charge in [-0.3, -0.25) is 4.90 Å². The third-order valence-corrected chi connectivity index (χ3v) is 3.22. The highest BCUT2D eigenvalue weighted by atomic mass is 32.1. The first-order valence-corrected chi connectivity index (χ1v) is 6.52. The lowest BCUT2D eigenvalue weighted by Crippen LogP contribution is -2.26. The first-order valence-electron chi connectivity index (χ1n) is 5.64. The second-order valence-corrected chi connectivity index (χ2v) is 4.67. The molecule has 5 nitrogen and oxygen atoms in total. The van der Waals surface area contributed by atoms with Gasteiger partial charge < -0.3 is 9.52 Å². The van der Waals surface area contributed by atoms with Gasteiger partial charge >= 0.3 is 0 Å². The van der Waals surface area contributed by atoms with Gasteiger partial charge in [-0.15, -0.1) is 28.1 Å². The fraction of sp³-hybridized carbons (Fsp3) is 0.333. The fourth-order valence-corrected chi connectivity index (χ4v) is 2.21. The van der Waals surface area contributed by atoms with Gasteiger partial charge in [0, 0.05) is 13.1 Å². The van der Waals surface area contributed by atoms with Crippen LogP contribution in [0.2, 0.25) is 0 Å². The first-order chi connectivity index (χ1) is 8.83. The Hall–Kier alpha value is -1.50. The van der Waals surface area contributed by atoms with E-state index in [2.05, 4.69) is 16.8 Å². The molecule has 0 fully saturated rings. The predicted molar refractivity (Wildman–Crippen MR) is 70.2 cm³/mol. The Balaban J connectivity index is 2.03. The molecule has 18 heavy (non-hydrogen) atoms. The number of hydrogen-bond acceptors (Lipinski definition) is 6. The Labute approximate surface area is 109 Å². The highest BCUT2D eigenvalue weighted by Crippen LogP contribution is 2.23. The van der Waals surface area contributed by atoms with Crippen LogP contribution in [0.25, 0.3) is 10.8 Å². The van der Waals surface area contributed by atoms with E-state index in [0.29, 0.717) is 31.4 Å². The van der Waals surface area contributed by atoms with Crippen LogP contribution in [0.5, 0.6) is 0 Å². The van der Waals surface area contributed by atoms with Gasteiger partial charge in [-0.2, -0.15) is 0 Å². The van der Waals surface area contributed by atoms with Gasteiger partial charge in [0.25, 0.3) is 5.89 Å². The summed E-state index contributed by atoms with van der Waals surface area (Å²) in [5, 5.41) is 18.9. The summed E-state index contributed by atoms with van der Waals surface area (Å²) >= 11 is 1.56. The molecule has 2 aromatic heterocycles. The van der Waals surface area contributed by atoms with E-state index in [1.54, 1.807) is 17.4 Å². The second-order valence-electron chi connectivity index (χ2n) is 3.73. The van der Waals surface area contributed by atoms with Crippen molar-refractivity contribution < 1.29 is 9.52 Å². The van der Waals surface area contributed by atoms with Crippen molar-refractivity contribution in [2.45, 2.75) is 6.54 Å². The van der Waals surface area contributed by atoms with Crippen LogP contribution in [0, 0.1) is 0 Å². The highest BCUT2D eigenvalue weighted by Gasteiger charge is 2.12. The summed E-state index contributed by atoms with van der Waals surface area (Å²) in [6.45, 7) is 5.53. The van der Waals surface area contributed by atoms with Gasteiger partial charge in [0.15, 0.2) is 0 Å². The second kappa shape index (κ2) is 6.44. The molecular weight excluding hydrogens is 250 g/mol. The minimum Gasteiger partial charge on any atom is -0.419 e. The van der Waals surface area contributed by atoms with Gasteiger partial charge in [-0.1, -0.05) is 12.1 Å². The highest BCUT2D eigenvalue weighted by molar-refractivity contribution is 7.13. The molecule has 0 atom stereocenters. The molecule has 0 aliphatic carbocycles. The molecule has 0 aromatic carbocycles. The molecule has 2 heterocycles. The molecule has 2 rings (SSSR count). The lowest BCUT2D eigenvalue weighted by molar-refractivity contribution is 0.192. The van der Waals surface area contributed by atoms with Crippen molar-refractivity contribution in [2.24, 2.45) is 0 Å². The third kappa shape index (κ3) is 3.25. The lowest BCUT2D eigenvalue weighted by Gasteiger charge is -2.16. The van der Waals surface area contributed by atoms with Crippen LogP contribution in [0.4, 0.5) is 0 Å². The number of aromatic nitrogens is 2. The Kier molecular flexibility index (Phi) is 4.63. The van der Waals surface area contributed by atoms with Crippen LogP contribution in [-0.4, -0.2) is 39.9 Å². The fourth-order valence-electron chi connectivity index (χ4n) is 1.57. The van der Waals surface area contributed by atoms with Gasteiger partial charge in [0.05, 0.1) is 18.0 Å². The lowest BCUT2D eigenvalue weighted by atomic mass is 10.4. The van der Waals surface area contributed by atoms with E-state index < -0.39 is 0 Å². The molecule has 0 saturated carbocycles. The molecule has 0 radical (unpaired) electrons. The molecule has 0 amide bonds. The number of thiophene rings is 1. The molecule has 0 unspecified atom stereocenters. The van der Waals surface area contributed by atoms with E-state index in [1.807, 2.05) is 22.4 Å². The summed E-state index contributed by atoms with van der Waals surface area (Å²) in [6, 6.07) is 3.89. The maximum atomic E-state index is 8.96. The summed E-state index contributed by atoms with van der Waals surface area (Å²) in [5.74, 6) is 1.09. The number of nitrogens with zero attached hydrogens (tertiary/aromatic N) is 3. The van der Waals surface area contributed by atoms with Gasteiger partial charge in [-0.25, -0.2) is 0 Å². The van der Waals surface area contributed by atoms with E-state index in [9.17, 15) is 0 Å². The minimum absolute atomic E-state index is 0.0970. The van der Waals surface area contributed by atoms with Crippen molar-refractivity contribution in [3.8, 4) is 10.8 Å². The number of hydrogen-bond donors (Lipinski definition) is 1. The Morgan fingerprint density at radius 3 is 3.06 bits per heavy atom. The summed E-state index contributed by atoms with van der Waals surface area (Å²) in [7, 11) is 0. The average molecular weight is 265 g/mol. The van der Waals surface area contributed by atoms with Crippen LogP contribution in [0.3, 0.4) is 0 Å². The quantitative estimate of drug-likeness (QED) is 0.773.